The third-order valence-electron chi connectivity index (χ3n) is 3.62. The number of fused-ring (bicyclic) bond motifs is 1. The van der Waals surface area contributed by atoms with E-state index in [1.54, 1.807) is 0 Å². The van der Waals surface area contributed by atoms with Crippen molar-refractivity contribution in [3.05, 3.63) is 41.5 Å². The standard InChI is InChI=1S/C9H7.C5H10O2.C4H10N.2ClH.Ti/c1-2-5-9-7-3-6-8(9)4-1;1-2-7-5-3-4-6;1-4(2,3)5;;;/h1-7H;6H,3-5H2,1H3;5H,1-3H3;2*1H;/q;;-1;;;+3/p-2. The maximum atomic E-state index is 8.94. The van der Waals surface area contributed by atoms with Gasteiger partial charge in [-0.2, -0.15) is 0 Å². The van der Waals surface area contributed by atoms with Crippen molar-refractivity contribution in [2.75, 3.05) is 13.2 Å². The van der Waals surface area contributed by atoms with Gasteiger partial charge < -0.3 is 24.8 Å². The zero-order valence-electron chi connectivity index (χ0n) is 14.8. The minimum Gasteiger partial charge on any atom is -1.00 e. The van der Waals surface area contributed by atoms with Gasteiger partial charge in [-0.25, -0.2) is 0 Å². The molecule has 0 amide bonds. The molecule has 1 aliphatic carbocycles. The summed E-state index contributed by atoms with van der Waals surface area (Å²) in [5, 5.41) is 8.94. The molecule has 0 saturated heterocycles. The number of aliphatic hydroxyl groups excluding tert-OH is 1. The van der Waals surface area contributed by atoms with Crippen molar-refractivity contribution in [1.82, 2.24) is 3.80 Å². The number of hydrogen-bond donors (Lipinski definition) is 2. The Bertz CT molecular complexity index is 583. The Morgan fingerprint density at radius 2 is 1.92 bits per heavy atom. The van der Waals surface area contributed by atoms with E-state index in [4.69, 9.17) is 9.84 Å². The van der Waals surface area contributed by atoms with Crippen molar-refractivity contribution in [2.45, 2.75) is 43.9 Å². The predicted octanol–water partition coefficient (Wildman–Crippen LogP) is -2.77. The van der Waals surface area contributed by atoms with E-state index in [1.165, 1.54) is 11.1 Å². The van der Waals surface area contributed by atoms with E-state index in [0.717, 1.165) is 4.00 Å². The first-order chi connectivity index (χ1) is 10.4. The van der Waals surface area contributed by atoms with Gasteiger partial charge in [-0.3, -0.25) is 0 Å². The molecule has 1 aliphatic rings. The van der Waals surface area contributed by atoms with Crippen LogP contribution in [0.4, 0.5) is 0 Å². The van der Waals surface area contributed by atoms with E-state index >= 15 is 0 Å². The van der Waals surface area contributed by atoms with Crippen LogP contribution in [0, 0.1) is 0 Å². The summed E-state index contributed by atoms with van der Waals surface area (Å²) in [5.74, 6) is 0. The largest absolute Gasteiger partial charge is 1.00 e. The molecular weight excluding hydrogens is 381 g/mol. The van der Waals surface area contributed by atoms with Gasteiger partial charge >= 0.3 is 140 Å². The van der Waals surface area contributed by atoms with Crippen molar-refractivity contribution in [3.8, 4) is 0 Å². The number of aliphatic hydroxyl groups is 1. The molecule has 24 heavy (non-hydrogen) atoms. The molecule has 0 heterocycles. The van der Waals surface area contributed by atoms with E-state index in [1.807, 2.05) is 0 Å². The molecule has 0 fully saturated rings. The zero-order valence-corrected chi connectivity index (χ0v) is 17.8. The third-order valence-corrected chi connectivity index (χ3v) is 8.38. The van der Waals surface area contributed by atoms with Gasteiger partial charge in [0.2, 0.25) is 0 Å². The van der Waals surface area contributed by atoms with Crippen LogP contribution in [-0.2, 0) is 22.4 Å². The van der Waals surface area contributed by atoms with Crippen LogP contribution in [0.2, 0.25) is 0 Å². The molecule has 0 saturated carbocycles. The summed E-state index contributed by atoms with van der Waals surface area (Å²) in [4.78, 5) is 0. The van der Waals surface area contributed by atoms with E-state index in [2.05, 4.69) is 67.9 Å². The summed E-state index contributed by atoms with van der Waals surface area (Å²) >= 11 is -1.84. The molecule has 2 N–H and O–H groups in total. The van der Waals surface area contributed by atoms with Gasteiger partial charge in [0, 0.05) is 0 Å². The second-order valence-corrected chi connectivity index (χ2v) is 10.5. The Balaban J connectivity index is 0.00000264. The van der Waals surface area contributed by atoms with Crippen LogP contribution in [0.5, 0.6) is 0 Å². The SMILES string of the molecule is C/[C](OCCCO)=[Ti+2](\[NH]C(C)(C)C)[CH]1C=Cc2ccccc21.[Cl-].[Cl-]. The van der Waals surface area contributed by atoms with Gasteiger partial charge in [-0.1, -0.05) is 0 Å². The maximum Gasteiger partial charge on any atom is -1.00 e. The first-order valence-corrected chi connectivity index (χ1v) is 10.4. The van der Waals surface area contributed by atoms with Crippen LogP contribution in [0.3, 0.4) is 0 Å². The molecule has 0 spiro atoms. The van der Waals surface area contributed by atoms with E-state index in [9.17, 15) is 0 Å². The maximum absolute atomic E-state index is 8.94. The summed E-state index contributed by atoms with van der Waals surface area (Å²) in [6.07, 6.45) is 5.26. The fourth-order valence-electron chi connectivity index (χ4n) is 2.66. The average molecular weight is 408 g/mol. The molecule has 3 nitrogen and oxygen atoms in total. The van der Waals surface area contributed by atoms with Gasteiger partial charge in [-0.15, -0.1) is 0 Å². The van der Waals surface area contributed by atoms with E-state index in [0.29, 0.717) is 17.3 Å². The third kappa shape index (κ3) is 6.72. The Hall–Kier alpha value is 0.00429. The van der Waals surface area contributed by atoms with Gasteiger partial charge in [0.1, 0.15) is 0 Å². The summed E-state index contributed by atoms with van der Waals surface area (Å²) in [6, 6.07) is 8.63. The van der Waals surface area contributed by atoms with Gasteiger partial charge in [-0.05, 0) is 0 Å². The average Bonchev–Trinajstić information content (AvgIpc) is 2.88. The van der Waals surface area contributed by atoms with Crippen LogP contribution in [-0.4, -0.2) is 27.9 Å². The van der Waals surface area contributed by atoms with Gasteiger partial charge in [0.15, 0.2) is 0 Å². The second-order valence-electron chi connectivity index (χ2n) is 6.74. The van der Waals surface area contributed by atoms with Crippen LogP contribution < -0.4 is 28.6 Å². The van der Waals surface area contributed by atoms with Gasteiger partial charge in [0.25, 0.3) is 0 Å². The van der Waals surface area contributed by atoms with Crippen molar-refractivity contribution in [3.63, 3.8) is 0 Å². The molecule has 1 atom stereocenters. The summed E-state index contributed by atoms with van der Waals surface area (Å²) in [6.45, 7) is 9.53. The number of allylic oxidation sites excluding steroid dienone is 1. The molecule has 6 heteroatoms. The Kier molecular flexibility index (Phi) is 10.9. The Morgan fingerprint density at radius 3 is 2.54 bits per heavy atom. The quantitative estimate of drug-likeness (QED) is 0.396. The fraction of sp³-hybridized carbons (Fsp3) is 0.500. The predicted molar refractivity (Wildman–Crippen MR) is 89.4 cm³/mol. The van der Waals surface area contributed by atoms with Crippen molar-refractivity contribution < 1.29 is 52.3 Å². The number of nitrogens with one attached hydrogen (secondary N) is 1. The second kappa shape index (κ2) is 10.9. The summed E-state index contributed by atoms with van der Waals surface area (Å²) in [7, 11) is 0. The van der Waals surface area contributed by atoms with Crippen LogP contribution in [0.15, 0.2) is 30.3 Å². The summed E-state index contributed by atoms with van der Waals surface area (Å²) < 4.78 is 11.4. The molecule has 0 bridgehead atoms. The van der Waals surface area contributed by atoms with Crippen LogP contribution >= 0.6 is 0 Å². The number of ether oxygens (including phenoxy) is 1. The van der Waals surface area contributed by atoms with Crippen LogP contribution in [0.1, 0.15) is 49.5 Å². The molecule has 2 rings (SSSR count). The molecule has 1 unspecified atom stereocenters. The topological polar surface area (TPSA) is 41.5 Å². The molecular formula is C18H27Cl2NO2Ti. The molecule has 0 aromatic heterocycles. The van der Waals surface area contributed by atoms with Crippen LogP contribution in [0.25, 0.3) is 6.08 Å². The molecule has 134 valence electrons. The number of benzene rings is 1. The Labute approximate surface area is 164 Å². The Morgan fingerprint density at radius 1 is 1.25 bits per heavy atom. The fourth-order valence-corrected chi connectivity index (χ4v) is 6.87. The molecule has 0 radical (unpaired) electrons. The molecule has 0 aliphatic heterocycles. The summed E-state index contributed by atoms with van der Waals surface area (Å²) in [5.41, 5.74) is 2.82. The molecule has 1 aromatic carbocycles. The minimum atomic E-state index is -1.84. The number of rotatable bonds is 6. The van der Waals surface area contributed by atoms with Crippen molar-refractivity contribution >= 4 is 10.1 Å². The smallest absolute Gasteiger partial charge is 1.00 e. The zero-order chi connectivity index (χ0) is 16.2. The minimum absolute atomic E-state index is 0. The monoisotopic (exact) mass is 407 g/mol. The first-order valence-electron chi connectivity index (χ1n) is 7.92. The normalized spacial score (nSPS) is 16.0. The molecule has 1 aromatic rings. The van der Waals surface area contributed by atoms with Crippen molar-refractivity contribution in [2.24, 2.45) is 0 Å². The van der Waals surface area contributed by atoms with Gasteiger partial charge in [0.05, 0.1) is 0 Å². The number of halogens is 2. The first kappa shape index (κ1) is 24.0. The van der Waals surface area contributed by atoms with E-state index in [-0.39, 0.29) is 37.0 Å². The van der Waals surface area contributed by atoms with E-state index < -0.39 is 17.7 Å². The van der Waals surface area contributed by atoms with Crippen molar-refractivity contribution in [1.29, 1.82) is 0 Å². The number of hydrogen-bond acceptors (Lipinski definition) is 3.